The van der Waals surface area contributed by atoms with Gasteiger partial charge in [0.05, 0.1) is 13.1 Å². The first-order valence-electron chi connectivity index (χ1n) is 4.64. The topological polar surface area (TPSA) is 92.6 Å². The summed E-state index contributed by atoms with van der Waals surface area (Å²) in [6.07, 6.45) is 0.928. The van der Waals surface area contributed by atoms with E-state index in [1.807, 2.05) is 0 Å². The first kappa shape index (κ1) is 10.3. The third-order valence-corrected chi connectivity index (χ3v) is 2.10. The van der Waals surface area contributed by atoms with Gasteiger partial charge >= 0.3 is 12.1 Å². The average Bonchev–Trinajstić information content (AvgIpc) is 2.65. The maximum atomic E-state index is 11.1. The number of carboxylic acid groups (broad SMARTS) is 1. The van der Waals surface area contributed by atoms with Crippen LogP contribution in [0.5, 0.6) is 0 Å². The van der Waals surface area contributed by atoms with Crippen molar-refractivity contribution in [2.45, 2.75) is 6.54 Å². The first-order valence-corrected chi connectivity index (χ1v) is 4.64. The van der Waals surface area contributed by atoms with Crippen molar-refractivity contribution in [2.75, 3.05) is 13.2 Å². The summed E-state index contributed by atoms with van der Waals surface area (Å²) < 4.78 is 4.73. The molecule has 1 fully saturated rings. The highest BCUT2D eigenvalue weighted by Gasteiger charge is 2.23. The van der Waals surface area contributed by atoms with Gasteiger partial charge in [0.25, 0.3) is 0 Å². The second kappa shape index (κ2) is 4.13. The molecule has 1 aliphatic rings. The molecule has 2 rings (SSSR count). The summed E-state index contributed by atoms with van der Waals surface area (Å²) in [7, 11) is 0. The number of carbonyl (C=O) groups excluding carboxylic acids is 1. The van der Waals surface area contributed by atoms with Crippen molar-refractivity contribution in [1.82, 2.24) is 14.9 Å². The van der Waals surface area contributed by atoms with Crippen LogP contribution in [0.2, 0.25) is 0 Å². The molecule has 0 bridgehead atoms. The predicted molar refractivity (Wildman–Crippen MR) is 50.7 cm³/mol. The number of aromatic nitrogens is 2. The molecule has 0 aromatic carbocycles. The van der Waals surface area contributed by atoms with Crippen molar-refractivity contribution in [3.05, 3.63) is 23.8 Å². The molecule has 0 spiro atoms. The summed E-state index contributed by atoms with van der Waals surface area (Å²) in [5.41, 5.74) is -0.0856. The third kappa shape index (κ3) is 2.08. The van der Waals surface area contributed by atoms with Crippen LogP contribution in [-0.4, -0.2) is 45.2 Å². The number of rotatable bonds is 3. The maximum absolute atomic E-state index is 11.1. The minimum absolute atomic E-state index is 0.0856. The van der Waals surface area contributed by atoms with Gasteiger partial charge in [0.2, 0.25) is 0 Å². The summed E-state index contributed by atoms with van der Waals surface area (Å²) in [5.74, 6) is -0.827. The molecule has 1 N–H and O–H groups in total. The Morgan fingerprint density at radius 2 is 2.44 bits per heavy atom. The molecule has 1 saturated heterocycles. The molecule has 84 valence electrons. The number of ether oxygens (including phenoxy) is 1. The number of hydrogen-bond acceptors (Lipinski definition) is 5. The number of nitrogens with zero attached hydrogens (tertiary/aromatic N) is 3. The molecule has 7 heteroatoms. The van der Waals surface area contributed by atoms with E-state index < -0.39 is 12.1 Å². The van der Waals surface area contributed by atoms with Crippen molar-refractivity contribution in [3.8, 4) is 0 Å². The number of hydrogen-bond donors (Lipinski definition) is 1. The van der Waals surface area contributed by atoms with E-state index in [1.165, 1.54) is 17.2 Å². The van der Waals surface area contributed by atoms with Crippen LogP contribution in [0.25, 0.3) is 0 Å². The molecule has 0 aliphatic carbocycles. The van der Waals surface area contributed by atoms with Gasteiger partial charge in [-0.1, -0.05) is 0 Å². The Bertz CT molecular complexity index is 435. The number of carbonyl (C=O) groups is 2. The van der Waals surface area contributed by atoms with E-state index in [0.29, 0.717) is 19.0 Å². The monoisotopic (exact) mass is 223 g/mol. The Morgan fingerprint density at radius 3 is 3.06 bits per heavy atom. The minimum atomic E-state index is -1.12. The first-order chi connectivity index (χ1) is 7.66. The lowest BCUT2D eigenvalue weighted by Gasteiger charge is -2.10. The van der Waals surface area contributed by atoms with Crippen LogP contribution < -0.4 is 0 Å². The van der Waals surface area contributed by atoms with Crippen LogP contribution in [0.3, 0.4) is 0 Å². The molecular formula is C9H9N3O4. The van der Waals surface area contributed by atoms with Crippen molar-refractivity contribution in [3.63, 3.8) is 0 Å². The van der Waals surface area contributed by atoms with Gasteiger partial charge in [0.1, 0.15) is 12.4 Å². The molecule has 0 unspecified atom stereocenters. The van der Waals surface area contributed by atoms with E-state index in [-0.39, 0.29) is 12.2 Å². The zero-order valence-corrected chi connectivity index (χ0v) is 8.29. The fraction of sp³-hybridized carbons (Fsp3) is 0.333. The molecular weight excluding hydrogens is 214 g/mol. The van der Waals surface area contributed by atoms with Crippen LogP contribution in [0.4, 0.5) is 4.79 Å². The lowest BCUT2D eigenvalue weighted by atomic mass is 10.4. The molecule has 0 saturated carbocycles. The summed E-state index contributed by atoms with van der Waals surface area (Å²) in [6.45, 7) is 0.983. The Kier molecular flexibility index (Phi) is 2.67. The van der Waals surface area contributed by atoms with Crippen molar-refractivity contribution >= 4 is 12.1 Å². The largest absolute Gasteiger partial charge is 0.477 e. The van der Waals surface area contributed by atoms with Crippen LogP contribution in [0.15, 0.2) is 12.3 Å². The fourth-order valence-electron chi connectivity index (χ4n) is 1.33. The van der Waals surface area contributed by atoms with Gasteiger partial charge in [-0.15, -0.1) is 0 Å². The van der Waals surface area contributed by atoms with E-state index in [9.17, 15) is 9.59 Å². The number of cyclic esters (lactones) is 1. The fourth-order valence-corrected chi connectivity index (χ4v) is 1.33. The van der Waals surface area contributed by atoms with Crippen LogP contribution in [0.1, 0.15) is 16.3 Å². The van der Waals surface area contributed by atoms with Gasteiger partial charge < -0.3 is 9.84 Å². The molecule has 1 aliphatic heterocycles. The number of amides is 1. The smallest absolute Gasteiger partial charge is 0.410 e. The molecule has 1 aromatic heterocycles. The lowest BCUT2D eigenvalue weighted by Crippen LogP contribution is -2.25. The third-order valence-electron chi connectivity index (χ3n) is 2.10. The minimum Gasteiger partial charge on any atom is -0.477 e. The second-order valence-corrected chi connectivity index (χ2v) is 3.20. The SMILES string of the molecule is O=C(O)c1ccnc(CN2CCOC2=O)n1. The van der Waals surface area contributed by atoms with Gasteiger partial charge in [0, 0.05) is 6.20 Å². The zero-order valence-electron chi connectivity index (χ0n) is 8.29. The van der Waals surface area contributed by atoms with Crippen LogP contribution >= 0.6 is 0 Å². The lowest BCUT2D eigenvalue weighted by molar-refractivity contribution is 0.0689. The quantitative estimate of drug-likeness (QED) is 0.782. The predicted octanol–water partition coefficient (Wildman–Crippen LogP) is 0.127. The Morgan fingerprint density at radius 1 is 1.62 bits per heavy atom. The molecule has 7 nitrogen and oxygen atoms in total. The molecule has 1 amide bonds. The maximum Gasteiger partial charge on any atom is 0.410 e. The normalized spacial score (nSPS) is 15.0. The van der Waals surface area contributed by atoms with Crippen LogP contribution in [-0.2, 0) is 11.3 Å². The Hall–Kier alpha value is -2.18. The molecule has 1 aromatic rings. The summed E-state index contributed by atoms with van der Waals surface area (Å²) >= 11 is 0. The Balaban J connectivity index is 2.12. The van der Waals surface area contributed by atoms with Crippen molar-refractivity contribution in [1.29, 1.82) is 0 Å². The number of aromatic carboxylic acids is 1. The van der Waals surface area contributed by atoms with Crippen LogP contribution in [0, 0.1) is 0 Å². The highest BCUT2D eigenvalue weighted by atomic mass is 16.6. The van der Waals surface area contributed by atoms with Gasteiger partial charge in [-0.2, -0.15) is 0 Å². The zero-order chi connectivity index (χ0) is 11.5. The summed E-state index contributed by atoms with van der Waals surface area (Å²) in [5, 5.41) is 8.73. The van der Waals surface area contributed by atoms with Gasteiger partial charge in [-0.05, 0) is 6.07 Å². The standard InChI is InChI=1S/C9H9N3O4/c13-8(14)6-1-2-10-7(11-6)5-12-3-4-16-9(12)15/h1-2H,3-5H2,(H,13,14). The Labute approximate surface area is 90.7 Å². The molecule has 0 radical (unpaired) electrons. The number of carboxylic acids is 1. The van der Waals surface area contributed by atoms with Crippen molar-refractivity contribution in [2.24, 2.45) is 0 Å². The molecule has 2 heterocycles. The van der Waals surface area contributed by atoms with Gasteiger partial charge in [-0.3, -0.25) is 4.90 Å². The second-order valence-electron chi connectivity index (χ2n) is 3.20. The molecule has 0 atom stereocenters. The van der Waals surface area contributed by atoms with E-state index >= 15 is 0 Å². The van der Waals surface area contributed by atoms with Gasteiger partial charge in [-0.25, -0.2) is 19.6 Å². The van der Waals surface area contributed by atoms with E-state index in [4.69, 9.17) is 9.84 Å². The summed E-state index contributed by atoms with van der Waals surface area (Å²) in [4.78, 5) is 30.9. The van der Waals surface area contributed by atoms with E-state index in [1.54, 1.807) is 0 Å². The highest BCUT2D eigenvalue weighted by molar-refractivity contribution is 5.85. The highest BCUT2D eigenvalue weighted by Crippen LogP contribution is 2.07. The van der Waals surface area contributed by atoms with Gasteiger partial charge in [0.15, 0.2) is 5.69 Å². The van der Waals surface area contributed by atoms with E-state index in [2.05, 4.69) is 9.97 Å². The average molecular weight is 223 g/mol. The molecule has 16 heavy (non-hydrogen) atoms. The van der Waals surface area contributed by atoms with E-state index in [0.717, 1.165) is 0 Å². The summed E-state index contributed by atoms with van der Waals surface area (Å²) in [6, 6.07) is 1.30. The van der Waals surface area contributed by atoms with Crippen molar-refractivity contribution < 1.29 is 19.4 Å².